The lowest BCUT2D eigenvalue weighted by atomic mass is 9.84. The summed E-state index contributed by atoms with van der Waals surface area (Å²) in [5, 5.41) is 20.2. The quantitative estimate of drug-likeness (QED) is 0.746. The third kappa shape index (κ3) is 3.68. The first-order valence-corrected chi connectivity index (χ1v) is 9.82. The maximum Gasteiger partial charge on any atom is 0.339 e. The van der Waals surface area contributed by atoms with E-state index in [9.17, 15) is 23.4 Å². The molecule has 8 heteroatoms. The van der Waals surface area contributed by atoms with Crippen LogP contribution in [-0.4, -0.2) is 24.6 Å². The number of rotatable bonds is 3. The number of benzene rings is 2. The largest absolute Gasteiger partial charge is 0.507 e. The molecule has 0 aliphatic rings. The number of hydrogen-bond donors (Lipinski definition) is 2. The van der Waals surface area contributed by atoms with Crippen LogP contribution in [0.5, 0.6) is 5.75 Å². The molecule has 0 heterocycles. The van der Waals surface area contributed by atoms with Gasteiger partial charge in [0.05, 0.1) is 9.79 Å². The normalized spacial score (nSPS) is 12.2. The van der Waals surface area contributed by atoms with Gasteiger partial charge < -0.3 is 10.2 Å². The molecule has 0 bridgehead atoms. The molecule has 2 aromatic carbocycles. The summed E-state index contributed by atoms with van der Waals surface area (Å²) in [5.41, 5.74) is -0.964. The van der Waals surface area contributed by atoms with Crippen molar-refractivity contribution in [3.05, 3.63) is 51.0 Å². The van der Waals surface area contributed by atoms with Gasteiger partial charge in [0.1, 0.15) is 11.3 Å². The van der Waals surface area contributed by atoms with Gasteiger partial charge in [0.2, 0.25) is 9.84 Å². The molecule has 2 N–H and O–H groups in total. The molecule has 0 saturated heterocycles. The number of aromatic hydroxyl groups is 1. The molecule has 0 unspecified atom stereocenters. The third-order valence-corrected chi connectivity index (χ3v) is 6.27. The van der Waals surface area contributed by atoms with Crippen LogP contribution in [0.25, 0.3) is 0 Å². The zero-order valence-corrected chi connectivity index (χ0v) is 16.9. The Morgan fingerprint density at radius 1 is 1.04 bits per heavy atom. The van der Waals surface area contributed by atoms with Crippen LogP contribution in [0.3, 0.4) is 0 Å². The molecule has 0 aliphatic heterocycles. The van der Waals surface area contributed by atoms with E-state index >= 15 is 0 Å². The number of carboxylic acids is 1. The van der Waals surface area contributed by atoms with Gasteiger partial charge in [-0.1, -0.05) is 44.0 Å². The number of halogens is 2. The lowest BCUT2D eigenvalue weighted by Gasteiger charge is -2.24. The van der Waals surface area contributed by atoms with E-state index in [4.69, 9.17) is 23.2 Å². The molecule has 0 amide bonds. The molecular formula is C18H18Cl2O5S. The fourth-order valence-electron chi connectivity index (χ4n) is 2.67. The van der Waals surface area contributed by atoms with Gasteiger partial charge in [0.15, 0.2) is 0 Å². The van der Waals surface area contributed by atoms with Crippen LogP contribution in [0.2, 0.25) is 10.0 Å². The van der Waals surface area contributed by atoms with Crippen molar-refractivity contribution in [3.8, 4) is 5.75 Å². The van der Waals surface area contributed by atoms with Crippen LogP contribution >= 0.6 is 23.2 Å². The van der Waals surface area contributed by atoms with Gasteiger partial charge in [-0.15, -0.1) is 0 Å². The van der Waals surface area contributed by atoms with Crippen LogP contribution in [0.1, 0.15) is 42.3 Å². The summed E-state index contributed by atoms with van der Waals surface area (Å²) in [6, 6.07) is 5.19. The smallest absolute Gasteiger partial charge is 0.339 e. The molecule has 2 aromatic rings. The summed E-state index contributed by atoms with van der Waals surface area (Å²) in [4.78, 5) is 11.3. The summed E-state index contributed by atoms with van der Waals surface area (Å²) in [6.45, 7) is 6.58. The highest BCUT2D eigenvalue weighted by Gasteiger charge is 2.31. The fraction of sp³-hybridized carbons (Fsp3) is 0.278. The minimum absolute atomic E-state index is 0.0564. The van der Waals surface area contributed by atoms with Gasteiger partial charge in [-0.05, 0) is 42.2 Å². The summed E-state index contributed by atoms with van der Waals surface area (Å²) in [7, 11) is -4.11. The molecule has 2 rings (SSSR count). The first-order valence-electron chi connectivity index (χ1n) is 7.58. The van der Waals surface area contributed by atoms with Crippen molar-refractivity contribution in [1.29, 1.82) is 0 Å². The van der Waals surface area contributed by atoms with Gasteiger partial charge in [0.25, 0.3) is 0 Å². The molecule has 0 radical (unpaired) electrons. The molecule has 26 heavy (non-hydrogen) atoms. The van der Waals surface area contributed by atoms with E-state index < -0.39 is 32.5 Å². The minimum atomic E-state index is -4.11. The van der Waals surface area contributed by atoms with Crippen molar-refractivity contribution >= 4 is 39.0 Å². The maximum absolute atomic E-state index is 13.1. The van der Waals surface area contributed by atoms with Crippen LogP contribution in [0.4, 0.5) is 0 Å². The first-order chi connectivity index (χ1) is 11.8. The number of aromatic carboxylic acids is 1. The molecule has 0 fully saturated rings. The van der Waals surface area contributed by atoms with Gasteiger partial charge in [-0.3, -0.25) is 0 Å². The number of sulfone groups is 1. The second-order valence-corrected chi connectivity index (χ2v) is 9.73. The molecular weight excluding hydrogens is 399 g/mol. The second-order valence-electron chi connectivity index (χ2n) is 6.93. The van der Waals surface area contributed by atoms with E-state index in [2.05, 4.69) is 0 Å². The Balaban J connectivity index is 2.92. The molecule has 140 valence electrons. The Bertz CT molecular complexity index is 985. The summed E-state index contributed by atoms with van der Waals surface area (Å²) in [6.07, 6.45) is 0. The predicted octanol–water partition coefficient (Wildman–Crippen LogP) is 4.84. The zero-order chi connectivity index (χ0) is 20.0. The van der Waals surface area contributed by atoms with E-state index in [1.807, 2.05) is 0 Å². The van der Waals surface area contributed by atoms with Crippen molar-refractivity contribution in [2.24, 2.45) is 0 Å². The molecule has 5 nitrogen and oxygen atoms in total. The van der Waals surface area contributed by atoms with Gasteiger partial charge >= 0.3 is 5.97 Å². The average molecular weight is 417 g/mol. The van der Waals surface area contributed by atoms with Crippen LogP contribution in [0, 0.1) is 6.92 Å². The van der Waals surface area contributed by atoms with E-state index in [-0.39, 0.29) is 31.0 Å². The molecule has 0 spiro atoms. The molecule has 0 atom stereocenters. The Labute approximate surface area is 162 Å². The van der Waals surface area contributed by atoms with Crippen molar-refractivity contribution in [3.63, 3.8) is 0 Å². The topological polar surface area (TPSA) is 91.7 Å². The standard InChI is InChI=1S/C18H18Cl2O5S/c1-9-14(26(24,25)12-6-10(19)5-11(20)7-12)8-13(18(2,3)4)16(21)15(9)17(22)23/h5-8,21H,1-4H3,(H,22,23). The van der Waals surface area contributed by atoms with Crippen molar-refractivity contribution in [1.82, 2.24) is 0 Å². The number of carboxylic acid groups (broad SMARTS) is 1. The van der Waals surface area contributed by atoms with Crippen molar-refractivity contribution in [2.75, 3.05) is 0 Å². The maximum atomic E-state index is 13.1. The summed E-state index contributed by atoms with van der Waals surface area (Å²) in [5.74, 6) is -1.85. The zero-order valence-electron chi connectivity index (χ0n) is 14.6. The van der Waals surface area contributed by atoms with E-state index in [0.717, 1.165) is 0 Å². The second kappa shape index (κ2) is 6.76. The van der Waals surface area contributed by atoms with Crippen molar-refractivity contribution < 1.29 is 23.4 Å². The monoisotopic (exact) mass is 416 g/mol. The minimum Gasteiger partial charge on any atom is -0.507 e. The number of carbonyl (C=O) groups is 1. The van der Waals surface area contributed by atoms with Gasteiger partial charge in [0, 0.05) is 15.6 Å². The van der Waals surface area contributed by atoms with Crippen LogP contribution < -0.4 is 0 Å². The van der Waals surface area contributed by atoms with E-state index in [0.29, 0.717) is 0 Å². The predicted molar refractivity (Wildman–Crippen MR) is 100 cm³/mol. The highest BCUT2D eigenvalue weighted by atomic mass is 35.5. The van der Waals surface area contributed by atoms with Gasteiger partial charge in [-0.25, -0.2) is 13.2 Å². The molecule has 0 aromatic heterocycles. The van der Waals surface area contributed by atoms with Crippen LogP contribution in [-0.2, 0) is 15.3 Å². The Kier molecular flexibility index (Phi) is 5.34. The summed E-state index contributed by atoms with van der Waals surface area (Å²) < 4.78 is 26.3. The highest BCUT2D eigenvalue weighted by Crippen LogP contribution is 2.40. The SMILES string of the molecule is Cc1c(S(=O)(=O)c2cc(Cl)cc(Cl)c2)cc(C(C)(C)C)c(O)c1C(=O)O. The lowest BCUT2D eigenvalue weighted by molar-refractivity contribution is 0.0692. The fourth-order valence-corrected chi connectivity index (χ4v) is 4.92. The molecule has 0 aliphatic carbocycles. The Hall–Kier alpha value is -1.76. The Morgan fingerprint density at radius 3 is 1.96 bits per heavy atom. The van der Waals surface area contributed by atoms with Crippen LogP contribution in [0.15, 0.2) is 34.1 Å². The third-order valence-electron chi connectivity index (χ3n) is 3.97. The first kappa shape index (κ1) is 20.6. The Morgan fingerprint density at radius 2 is 1.54 bits per heavy atom. The summed E-state index contributed by atoms with van der Waals surface area (Å²) >= 11 is 11.8. The number of hydrogen-bond acceptors (Lipinski definition) is 4. The molecule has 0 saturated carbocycles. The van der Waals surface area contributed by atoms with Gasteiger partial charge in [-0.2, -0.15) is 0 Å². The van der Waals surface area contributed by atoms with E-state index in [1.54, 1.807) is 20.8 Å². The average Bonchev–Trinajstić information content (AvgIpc) is 2.44. The van der Waals surface area contributed by atoms with E-state index in [1.165, 1.54) is 31.2 Å². The lowest BCUT2D eigenvalue weighted by Crippen LogP contribution is -2.17. The highest BCUT2D eigenvalue weighted by molar-refractivity contribution is 7.91. The number of phenols is 1. The van der Waals surface area contributed by atoms with Crippen molar-refractivity contribution in [2.45, 2.75) is 42.9 Å².